The molecule has 0 aliphatic heterocycles. The Balaban J connectivity index is 1.97. The molecule has 1 fully saturated rings. The highest BCUT2D eigenvalue weighted by molar-refractivity contribution is 5.99. The number of Topliss-reactive ketones (excluding diaryl/α,β-unsaturated/α-hetero) is 1. The number of nitrogens with zero attached hydrogens (tertiary/aromatic N) is 1. The van der Waals surface area contributed by atoms with E-state index in [9.17, 15) is 4.79 Å². The van der Waals surface area contributed by atoms with E-state index in [1.807, 2.05) is 25.4 Å². The van der Waals surface area contributed by atoms with Crippen LogP contribution in [-0.2, 0) is 6.54 Å². The van der Waals surface area contributed by atoms with Gasteiger partial charge in [0.2, 0.25) is 0 Å². The van der Waals surface area contributed by atoms with E-state index in [0.29, 0.717) is 11.7 Å². The Hall–Kier alpha value is -1.31. The number of aryl methyl sites for hydroxylation is 1. The van der Waals surface area contributed by atoms with E-state index in [0.717, 1.165) is 31.4 Å². The van der Waals surface area contributed by atoms with Crippen LogP contribution in [0.1, 0.15) is 36.5 Å². The summed E-state index contributed by atoms with van der Waals surface area (Å²) in [6, 6.07) is 1.93. The molecular weight excluding hydrogens is 186 g/mol. The van der Waals surface area contributed by atoms with Gasteiger partial charge in [-0.2, -0.15) is 0 Å². The second-order valence-electron chi connectivity index (χ2n) is 4.48. The number of rotatable bonds is 5. The summed E-state index contributed by atoms with van der Waals surface area (Å²) in [6.07, 6.45) is 7.08. The first-order chi connectivity index (χ1) is 7.16. The monoisotopic (exact) mass is 203 g/mol. The van der Waals surface area contributed by atoms with Crippen LogP contribution >= 0.6 is 0 Å². The van der Waals surface area contributed by atoms with Crippen molar-refractivity contribution in [1.29, 1.82) is 0 Å². The number of allylic oxidation sites excluding steroid dienone is 1. The van der Waals surface area contributed by atoms with Crippen LogP contribution in [0.15, 0.2) is 30.6 Å². The van der Waals surface area contributed by atoms with Gasteiger partial charge in [0.25, 0.3) is 0 Å². The first-order valence-electron chi connectivity index (χ1n) is 5.51. The van der Waals surface area contributed by atoms with Crippen LogP contribution in [0.2, 0.25) is 0 Å². The third kappa shape index (κ3) is 2.58. The third-order valence-corrected chi connectivity index (χ3v) is 2.78. The molecule has 15 heavy (non-hydrogen) atoms. The molecule has 0 N–H and O–H groups in total. The minimum absolute atomic E-state index is 0.321. The fourth-order valence-corrected chi connectivity index (χ4v) is 1.63. The molecule has 80 valence electrons. The molecule has 0 aromatic carbocycles. The lowest BCUT2D eigenvalue weighted by atomic mass is 10.1. The normalized spacial score (nSPS) is 15.3. The molecule has 0 radical (unpaired) electrons. The van der Waals surface area contributed by atoms with Crippen molar-refractivity contribution in [2.75, 3.05) is 0 Å². The lowest BCUT2D eigenvalue weighted by molar-refractivity contribution is 0.0967. The summed E-state index contributed by atoms with van der Waals surface area (Å²) in [4.78, 5) is 11.7. The number of ketones is 1. The molecule has 1 saturated carbocycles. The van der Waals surface area contributed by atoms with Gasteiger partial charge in [-0.05, 0) is 32.3 Å². The highest BCUT2D eigenvalue weighted by Gasteiger charge is 2.30. The summed E-state index contributed by atoms with van der Waals surface area (Å²) in [5.41, 5.74) is 2.05. The molecular formula is C13H17NO. The highest BCUT2D eigenvalue weighted by Crippen LogP contribution is 2.32. The van der Waals surface area contributed by atoms with Crippen molar-refractivity contribution < 1.29 is 4.79 Å². The van der Waals surface area contributed by atoms with Gasteiger partial charge in [0.1, 0.15) is 0 Å². The van der Waals surface area contributed by atoms with Crippen molar-refractivity contribution in [2.24, 2.45) is 5.92 Å². The SMILES string of the molecule is C=C(C)CCn1ccc(C(=O)C2CC2)c1. The Morgan fingerprint density at radius 2 is 2.33 bits per heavy atom. The smallest absolute Gasteiger partial charge is 0.167 e. The van der Waals surface area contributed by atoms with Crippen molar-refractivity contribution in [3.8, 4) is 0 Å². The van der Waals surface area contributed by atoms with Gasteiger partial charge in [-0.3, -0.25) is 4.79 Å². The van der Waals surface area contributed by atoms with Gasteiger partial charge in [-0.25, -0.2) is 0 Å². The number of hydrogen-bond donors (Lipinski definition) is 0. The summed E-state index contributed by atoms with van der Waals surface area (Å²) in [6.45, 7) is 6.82. The quantitative estimate of drug-likeness (QED) is 0.532. The molecule has 0 spiro atoms. The van der Waals surface area contributed by atoms with Gasteiger partial charge in [-0.1, -0.05) is 5.57 Å². The standard InChI is InChI=1S/C13H17NO/c1-10(2)5-7-14-8-6-12(9-14)13(15)11-3-4-11/h6,8-9,11H,1,3-5,7H2,2H3. The average molecular weight is 203 g/mol. The van der Waals surface area contributed by atoms with Gasteiger partial charge < -0.3 is 4.57 Å². The topological polar surface area (TPSA) is 22.0 Å². The van der Waals surface area contributed by atoms with Crippen LogP contribution in [0, 0.1) is 5.92 Å². The minimum atomic E-state index is 0.321. The summed E-state index contributed by atoms with van der Waals surface area (Å²) in [5.74, 6) is 0.645. The zero-order chi connectivity index (χ0) is 10.8. The molecule has 2 heteroatoms. The van der Waals surface area contributed by atoms with Crippen LogP contribution < -0.4 is 0 Å². The first-order valence-corrected chi connectivity index (χ1v) is 5.51. The fourth-order valence-electron chi connectivity index (χ4n) is 1.63. The van der Waals surface area contributed by atoms with Crippen LogP contribution in [0.4, 0.5) is 0 Å². The molecule has 1 aromatic heterocycles. The zero-order valence-corrected chi connectivity index (χ0v) is 9.20. The Morgan fingerprint density at radius 3 is 2.93 bits per heavy atom. The van der Waals surface area contributed by atoms with Crippen molar-refractivity contribution in [3.63, 3.8) is 0 Å². The van der Waals surface area contributed by atoms with E-state index >= 15 is 0 Å². The van der Waals surface area contributed by atoms with Crippen molar-refractivity contribution >= 4 is 5.78 Å². The predicted octanol–water partition coefficient (Wildman–Crippen LogP) is 3.05. The third-order valence-electron chi connectivity index (χ3n) is 2.78. The number of hydrogen-bond acceptors (Lipinski definition) is 1. The molecule has 0 atom stereocenters. The highest BCUT2D eigenvalue weighted by atomic mass is 16.1. The van der Waals surface area contributed by atoms with Crippen LogP contribution in [-0.4, -0.2) is 10.4 Å². The van der Waals surface area contributed by atoms with Gasteiger partial charge in [0.15, 0.2) is 5.78 Å². The first kappa shape index (κ1) is 10.2. The maximum absolute atomic E-state index is 11.7. The van der Waals surface area contributed by atoms with Gasteiger partial charge in [0, 0.05) is 30.4 Å². The number of carbonyl (C=O) groups is 1. The molecule has 0 saturated heterocycles. The minimum Gasteiger partial charge on any atom is -0.353 e. The Labute approximate surface area is 90.6 Å². The second-order valence-corrected chi connectivity index (χ2v) is 4.48. The Morgan fingerprint density at radius 1 is 1.60 bits per heavy atom. The summed E-state index contributed by atoms with van der Waals surface area (Å²) in [7, 11) is 0. The average Bonchev–Trinajstić information content (AvgIpc) is 2.93. The van der Waals surface area contributed by atoms with E-state index in [4.69, 9.17) is 0 Å². The van der Waals surface area contributed by atoms with E-state index < -0.39 is 0 Å². The molecule has 1 heterocycles. The maximum atomic E-state index is 11.7. The van der Waals surface area contributed by atoms with Gasteiger partial charge in [0.05, 0.1) is 0 Å². The molecule has 0 unspecified atom stereocenters. The van der Waals surface area contributed by atoms with E-state index in [1.54, 1.807) is 0 Å². The fraction of sp³-hybridized carbons (Fsp3) is 0.462. The van der Waals surface area contributed by atoms with E-state index in [1.165, 1.54) is 5.57 Å². The summed E-state index contributed by atoms with van der Waals surface area (Å²) >= 11 is 0. The molecule has 2 nitrogen and oxygen atoms in total. The molecule has 0 bridgehead atoms. The second kappa shape index (κ2) is 4.05. The Kier molecular flexibility index (Phi) is 2.76. The molecule has 1 aliphatic rings. The molecule has 0 amide bonds. The van der Waals surface area contributed by atoms with Crippen LogP contribution in [0.3, 0.4) is 0 Å². The van der Waals surface area contributed by atoms with E-state index in [2.05, 4.69) is 11.1 Å². The van der Waals surface area contributed by atoms with Crippen molar-refractivity contribution in [2.45, 2.75) is 32.7 Å². The lowest BCUT2D eigenvalue weighted by Crippen LogP contribution is -2.00. The zero-order valence-electron chi connectivity index (χ0n) is 9.20. The molecule has 1 aromatic rings. The van der Waals surface area contributed by atoms with Gasteiger partial charge in [-0.15, -0.1) is 6.58 Å². The van der Waals surface area contributed by atoms with Gasteiger partial charge >= 0.3 is 0 Å². The maximum Gasteiger partial charge on any atom is 0.167 e. The summed E-state index contributed by atoms with van der Waals surface area (Å²) in [5, 5.41) is 0. The predicted molar refractivity (Wildman–Crippen MR) is 60.9 cm³/mol. The number of aromatic nitrogens is 1. The lowest BCUT2D eigenvalue weighted by Gasteiger charge is -2.01. The summed E-state index contributed by atoms with van der Waals surface area (Å²) < 4.78 is 2.07. The molecule has 1 aliphatic carbocycles. The van der Waals surface area contributed by atoms with Crippen LogP contribution in [0.5, 0.6) is 0 Å². The van der Waals surface area contributed by atoms with Crippen LogP contribution in [0.25, 0.3) is 0 Å². The van der Waals surface area contributed by atoms with Crippen molar-refractivity contribution in [1.82, 2.24) is 4.57 Å². The van der Waals surface area contributed by atoms with Crippen molar-refractivity contribution in [3.05, 3.63) is 36.2 Å². The van der Waals surface area contributed by atoms with E-state index in [-0.39, 0.29) is 0 Å². The largest absolute Gasteiger partial charge is 0.353 e. The molecule has 2 rings (SSSR count). The number of carbonyl (C=O) groups excluding carboxylic acids is 1. The Bertz CT molecular complexity index is 385.